The van der Waals surface area contributed by atoms with Crippen LogP contribution in [0, 0.1) is 5.82 Å². The second-order valence-electron chi connectivity index (χ2n) is 6.67. The van der Waals surface area contributed by atoms with Crippen LogP contribution in [0.3, 0.4) is 0 Å². The highest BCUT2D eigenvalue weighted by atomic mass is 19.1. The molecule has 0 bridgehead atoms. The molecule has 0 N–H and O–H groups in total. The summed E-state index contributed by atoms with van der Waals surface area (Å²) in [5.74, 6) is 2.31. The van der Waals surface area contributed by atoms with Crippen LogP contribution < -0.4 is 4.74 Å². The number of hydrogen-bond donors (Lipinski definition) is 0. The van der Waals surface area contributed by atoms with Crippen LogP contribution in [0.2, 0.25) is 0 Å². The van der Waals surface area contributed by atoms with Crippen LogP contribution in [0.4, 0.5) is 4.39 Å². The summed E-state index contributed by atoms with van der Waals surface area (Å²) in [6.45, 7) is 2.62. The molecule has 0 radical (unpaired) electrons. The molecule has 3 heterocycles. The molecule has 0 spiro atoms. The van der Waals surface area contributed by atoms with E-state index in [4.69, 9.17) is 4.74 Å². The van der Waals surface area contributed by atoms with Crippen LogP contribution in [0.15, 0.2) is 18.3 Å². The lowest BCUT2D eigenvalue weighted by atomic mass is 10.1. The molecule has 4 rings (SSSR count). The zero-order chi connectivity index (χ0) is 16.5. The number of rotatable bonds is 5. The molecule has 6 nitrogen and oxygen atoms in total. The van der Waals surface area contributed by atoms with Crippen LogP contribution in [0.25, 0.3) is 0 Å². The number of aromatic nitrogens is 4. The van der Waals surface area contributed by atoms with Crippen molar-refractivity contribution in [2.45, 2.75) is 44.2 Å². The van der Waals surface area contributed by atoms with Crippen molar-refractivity contribution in [3.8, 4) is 5.88 Å². The predicted octanol–water partition coefficient (Wildman–Crippen LogP) is 2.27. The Bertz CT molecular complexity index is 707. The highest BCUT2D eigenvalue weighted by Crippen LogP contribution is 2.38. The number of ether oxygens (including phenoxy) is 1. The molecule has 0 atom stereocenters. The van der Waals surface area contributed by atoms with Crippen molar-refractivity contribution < 1.29 is 9.13 Å². The van der Waals surface area contributed by atoms with E-state index in [0.29, 0.717) is 5.92 Å². The summed E-state index contributed by atoms with van der Waals surface area (Å²) in [5, 5.41) is 4.52. The molecule has 1 saturated heterocycles. The molecule has 1 saturated carbocycles. The third-order valence-electron chi connectivity index (χ3n) is 4.71. The van der Waals surface area contributed by atoms with Crippen molar-refractivity contribution in [2.24, 2.45) is 7.05 Å². The van der Waals surface area contributed by atoms with Crippen LogP contribution in [-0.2, 0) is 13.6 Å². The lowest BCUT2D eigenvalue weighted by Gasteiger charge is -2.31. The number of hydrogen-bond acceptors (Lipinski definition) is 5. The summed E-state index contributed by atoms with van der Waals surface area (Å²) in [6, 6.07) is 2.95. The Morgan fingerprint density at radius 3 is 2.75 bits per heavy atom. The molecule has 1 aliphatic heterocycles. The van der Waals surface area contributed by atoms with Crippen molar-refractivity contribution in [1.82, 2.24) is 24.6 Å². The van der Waals surface area contributed by atoms with E-state index in [0.717, 1.165) is 44.1 Å². The molecular weight excluding hydrogens is 309 g/mol. The molecule has 2 aromatic heterocycles. The van der Waals surface area contributed by atoms with Gasteiger partial charge in [-0.05, 0) is 37.8 Å². The van der Waals surface area contributed by atoms with Crippen LogP contribution in [0.1, 0.15) is 43.3 Å². The number of halogens is 1. The lowest BCUT2D eigenvalue weighted by molar-refractivity contribution is 0.0877. The van der Waals surface area contributed by atoms with Crippen LogP contribution in [-0.4, -0.2) is 43.8 Å². The minimum absolute atomic E-state index is 0.0205. The van der Waals surface area contributed by atoms with Gasteiger partial charge in [-0.2, -0.15) is 5.10 Å². The van der Waals surface area contributed by atoms with Gasteiger partial charge in [0.25, 0.3) is 5.88 Å². The average Bonchev–Trinajstić information content (AvgIpc) is 3.37. The zero-order valence-corrected chi connectivity index (χ0v) is 13.9. The fraction of sp³-hybridized carbons (Fsp3) is 0.588. The van der Waals surface area contributed by atoms with E-state index in [1.807, 2.05) is 11.7 Å². The van der Waals surface area contributed by atoms with E-state index in [-0.39, 0.29) is 12.0 Å². The summed E-state index contributed by atoms with van der Waals surface area (Å²) < 4.78 is 21.2. The first kappa shape index (κ1) is 15.5. The van der Waals surface area contributed by atoms with E-state index in [1.54, 1.807) is 12.3 Å². The SMILES string of the molecule is Cn1nc(C2CC2)nc1CN1CCC(Oc2ncccc2F)CC1. The van der Waals surface area contributed by atoms with Crippen molar-refractivity contribution in [3.63, 3.8) is 0 Å². The van der Waals surface area contributed by atoms with Gasteiger partial charge in [0.15, 0.2) is 11.6 Å². The second-order valence-corrected chi connectivity index (χ2v) is 6.67. The normalized spacial score (nSPS) is 19.6. The fourth-order valence-electron chi connectivity index (χ4n) is 3.09. The zero-order valence-electron chi connectivity index (χ0n) is 13.9. The summed E-state index contributed by atoms with van der Waals surface area (Å²) in [7, 11) is 1.97. The molecule has 2 fully saturated rings. The van der Waals surface area contributed by atoms with Gasteiger partial charge in [0.05, 0.1) is 6.54 Å². The van der Waals surface area contributed by atoms with Gasteiger partial charge in [0.2, 0.25) is 0 Å². The standard InChI is InChI=1S/C17H22FN5O/c1-22-15(20-16(21-22)12-4-5-12)11-23-9-6-13(7-10-23)24-17-14(18)3-2-8-19-17/h2-3,8,12-13H,4-7,9-11H2,1H3. The van der Waals surface area contributed by atoms with Crippen molar-refractivity contribution >= 4 is 0 Å². The van der Waals surface area contributed by atoms with E-state index in [9.17, 15) is 4.39 Å². The van der Waals surface area contributed by atoms with Gasteiger partial charge < -0.3 is 4.74 Å². The number of nitrogens with zero attached hydrogens (tertiary/aromatic N) is 5. The largest absolute Gasteiger partial charge is 0.472 e. The third-order valence-corrected chi connectivity index (χ3v) is 4.71. The Kier molecular flexibility index (Phi) is 4.18. The minimum atomic E-state index is -0.397. The Balaban J connectivity index is 1.31. The second kappa shape index (κ2) is 6.47. The Morgan fingerprint density at radius 2 is 2.04 bits per heavy atom. The molecule has 1 aliphatic carbocycles. The van der Waals surface area contributed by atoms with Gasteiger partial charge in [-0.3, -0.25) is 9.58 Å². The summed E-state index contributed by atoms with van der Waals surface area (Å²) in [5.41, 5.74) is 0. The number of aryl methyl sites for hydroxylation is 1. The molecule has 2 aromatic rings. The van der Waals surface area contributed by atoms with E-state index in [2.05, 4.69) is 20.0 Å². The van der Waals surface area contributed by atoms with Gasteiger partial charge in [0, 0.05) is 32.3 Å². The molecule has 128 valence electrons. The molecule has 0 amide bonds. The number of piperidine rings is 1. The highest BCUT2D eigenvalue weighted by molar-refractivity contribution is 5.13. The van der Waals surface area contributed by atoms with Crippen molar-refractivity contribution in [1.29, 1.82) is 0 Å². The van der Waals surface area contributed by atoms with Gasteiger partial charge in [-0.25, -0.2) is 14.4 Å². The highest BCUT2D eigenvalue weighted by Gasteiger charge is 2.29. The van der Waals surface area contributed by atoms with E-state index < -0.39 is 5.82 Å². The Labute approximate surface area is 140 Å². The van der Waals surface area contributed by atoms with Gasteiger partial charge >= 0.3 is 0 Å². The Hall–Kier alpha value is -2.02. The molecule has 0 unspecified atom stereocenters. The van der Waals surface area contributed by atoms with Crippen molar-refractivity contribution in [2.75, 3.05) is 13.1 Å². The van der Waals surface area contributed by atoms with E-state index >= 15 is 0 Å². The smallest absolute Gasteiger partial charge is 0.250 e. The lowest BCUT2D eigenvalue weighted by Crippen LogP contribution is -2.38. The molecule has 7 heteroatoms. The van der Waals surface area contributed by atoms with Crippen LogP contribution in [0.5, 0.6) is 5.88 Å². The number of likely N-dealkylation sites (tertiary alicyclic amines) is 1. The maximum absolute atomic E-state index is 13.6. The maximum Gasteiger partial charge on any atom is 0.250 e. The molecule has 24 heavy (non-hydrogen) atoms. The van der Waals surface area contributed by atoms with Gasteiger partial charge in [-0.15, -0.1) is 0 Å². The maximum atomic E-state index is 13.6. The minimum Gasteiger partial charge on any atom is -0.472 e. The Morgan fingerprint density at radius 1 is 1.25 bits per heavy atom. The average molecular weight is 331 g/mol. The van der Waals surface area contributed by atoms with Crippen LogP contribution >= 0.6 is 0 Å². The van der Waals surface area contributed by atoms with Gasteiger partial charge in [-0.1, -0.05) is 0 Å². The third kappa shape index (κ3) is 3.40. The first-order valence-electron chi connectivity index (χ1n) is 8.58. The van der Waals surface area contributed by atoms with E-state index in [1.165, 1.54) is 18.9 Å². The predicted molar refractivity (Wildman–Crippen MR) is 86.1 cm³/mol. The first-order valence-corrected chi connectivity index (χ1v) is 8.58. The van der Waals surface area contributed by atoms with Crippen molar-refractivity contribution in [3.05, 3.63) is 35.8 Å². The first-order chi connectivity index (χ1) is 11.7. The summed E-state index contributed by atoms with van der Waals surface area (Å²) in [4.78, 5) is 11.0. The monoisotopic (exact) mass is 331 g/mol. The number of pyridine rings is 1. The molecule has 0 aromatic carbocycles. The molecular formula is C17H22FN5O. The quantitative estimate of drug-likeness (QED) is 0.841. The molecule has 2 aliphatic rings. The van der Waals surface area contributed by atoms with Gasteiger partial charge in [0.1, 0.15) is 11.9 Å². The topological polar surface area (TPSA) is 56.1 Å². The summed E-state index contributed by atoms with van der Waals surface area (Å²) in [6.07, 6.45) is 5.74. The fourth-order valence-corrected chi connectivity index (χ4v) is 3.09. The summed E-state index contributed by atoms with van der Waals surface area (Å²) >= 11 is 0.